The van der Waals surface area contributed by atoms with E-state index in [1.807, 2.05) is 6.92 Å². The number of benzene rings is 1. The number of nitrogens with zero attached hydrogens (tertiary/aromatic N) is 1. The maximum Gasteiger partial charge on any atom is 0.257 e. The van der Waals surface area contributed by atoms with Gasteiger partial charge >= 0.3 is 0 Å². The Labute approximate surface area is 119 Å². The first-order chi connectivity index (χ1) is 8.49. The maximum absolute atomic E-state index is 12.3. The highest BCUT2D eigenvalue weighted by Crippen LogP contribution is 2.23. The first-order valence-electron chi connectivity index (χ1n) is 5.79. The molecule has 0 spiro atoms. The van der Waals surface area contributed by atoms with Crippen molar-refractivity contribution in [1.29, 1.82) is 0 Å². The van der Waals surface area contributed by atoms with Crippen molar-refractivity contribution in [2.45, 2.75) is 13.3 Å². The number of Topliss-reactive ketones (excluding diaryl/α,β-unsaturated/α-hetero) is 1. The second kappa shape index (κ2) is 5.26. The van der Waals surface area contributed by atoms with Crippen molar-refractivity contribution in [3.05, 3.63) is 27.3 Å². The van der Waals surface area contributed by atoms with E-state index < -0.39 is 0 Å². The van der Waals surface area contributed by atoms with Crippen LogP contribution in [0.5, 0.6) is 5.75 Å². The molecule has 1 aliphatic heterocycles. The molecule has 0 radical (unpaired) electrons. The number of amides is 1. The number of rotatable bonds is 1. The predicted octanol–water partition coefficient (Wildman–Crippen LogP) is 2.05. The van der Waals surface area contributed by atoms with Crippen molar-refractivity contribution in [3.8, 4) is 5.75 Å². The zero-order valence-corrected chi connectivity index (χ0v) is 12.2. The van der Waals surface area contributed by atoms with Gasteiger partial charge in [-0.15, -0.1) is 0 Å². The molecule has 1 N–H and O–H groups in total. The molecule has 1 saturated heterocycles. The minimum Gasteiger partial charge on any atom is -0.507 e. The molecule has 1 fully saturated rings. The third-order valence-corrected chi connectivity index (χ3v) is 3.82. The smallest absolute Gasteiger partial charge is 0.257 e. The molecule has 1 aromatic carbocycles. The van der Waals surface area contributed by atoms with Crippen molar-refractivity contribution in [2.24, 2.45) is 5.92 Å². The number of phenols is 1. The molecule has 1 atom stereocenters. The van der Waals surface area contributed by atoms with Gasteiger partial charge in [0.2, 0.25) is 0 Å². The fourth-order valence-corrected chi connectivity index (χ4v) is 2.54. The Balaban J connectivity index is 2.21. The van der Waals surface area contributed by atoms with Gasteiger partial charge in [0.05, 0.1) is 5.56 Å². The van der Waals surface area contributed by atoms with Gasteiger partial charge in [-0.3, -0.25) is 9.59 Å². The summed E-state index contributed by atoms with van der Waals surface area (Å²) in [5.41, 5.74) is 0.309. The predicted molar refractivity (Wildman–Crippen MR) is 75.5 cm³/mol. The van der Waals surface area contributed by atoms with Crippen LogP contribution in [-0.4, -0.2) is 34.8 Å². The second-order valence-electron chi connectivity index (χ2n) is 4.53. The van der Waals surface area contributed by atoms with Crippen LogP contribution in [0.2, 0.25) is 0 Å². The van der Waals surface area contributed by atoms with Crippen LogP contribution >= 0.6 is 22.6 Å². The molecule has 2 rings (SSSR count). The van der Waals surface area contributed by atoms with Crippen LogP contribution in [0.4, 0.5) is 0 Å². The Morgan fingerprint density at radius 2 is 2.22 bits per heavy atom. The van der Waals surface area contributed by atoms with Gasteiger partial charge < -0.3 is 10.0 Å². The summed E-state index contributed by atoms with van der Waals surface area (Å²) < 4.78 is 0.898. The monoisotopic (exact) mass is 359 g/mol. The summed E-state index contributed by atoms with van der Waals surface area (Å²) in [6.45, 7) is 2.70. The molecule has 0 aromatic heterocycles. The lowest BCUT2D eigenvalue weighted by Crippen LogP contribution is -2.43. The first-order valence-corrected chi connectivity index (χ1v) is 6.87. The molecule has 1 heterocycles. The van der Waals surface area contributed by atoms with E-state index in [4.69, 9.17) is 0 Å². The van der Waals surface area contributed by atoms with Gasteiger partial charge in [0, 0.05) is 29.0 Å². The molecule has 96 valence electrons. The normalized spacial score (nSPS) is 20.0. The van der Waals surface area contributed by atoms with Gasteiger partial charge in [-0.05, 0) is 40.8 Å². The number of hydrogen-bond acceptors (Lipinski definition) is 3. The molecule has 1 unspecified atom stereocenters. The van der Waals surface area contributed by atoms with Crippen LogP contribution in [0.3, 0.4) is 0 Å². The van der Waals surface area contributed by atoms with Crippen molar-refractivity contribution in [3.63, 3.8) is 0 Å². The van der Waals surface area contributed by atoms with E-state index in [-0.39, 0.29) is 23.4 Å². The fourth-order valence-electron chi connectivity index (χ4n) is 2.05. The number of piperidine rings is 1. The van der Waals surface area contributed by atoms with Crippen molar-refractivity contribution >= 4 is 34.3 Å². The standard InChI is InChI=1S/C13H14INO3/c1-8-7-15(5-4-11(8)16)13(18)10-6-9(14)2-3-12(10)17/h2-3,6,8,17H,4-5,7H2,1H3. The molecule has 0 aliphatic carbocycles. The zero-order chi connectivity index (χ0) is 13.3. The number of hydrogen-bond donors (Lipinski definition) is 1. The lowest BCUT2D eigenvalue weighted by atomic mass is 9.98. The van der Waals surface area contributed by atoms with Gasteiger partial charge in [-0.25, -0.2) is 0 Å². The van der Waals surface area contributed by atoms with Crippen molar-refractivity contribution in [2.75, 3.05) is 13.1 Å². The Morgan fingerprint density at radius 1 is 1.50 bits per heavy atom. The third kappa shape index (κ3) is 2.66. The van der Waals surface area contributed by atoms with Crippen LogP contribution in [0.1, 0.15) is 23.7 Å². The number of phenolic OH excluding ortho intramolecular Hbond substituents is 1. The van der Waals surface area contributed by atoms with Gasteiger partial charge in [-0.2, -0.15) is 0 Å². The highest BCUT2D eigenvalue weighted by atomic mass is 127. The SMILES string of the molecule is CC1CN(C(=O)c2cc(I)ccc2O)CCC1=O. The number of likely N-dealkylation sites (tertiary alicyclic amines) is 1. The van der Waals surface area contributed by atoms with Gasteiger partial charge in [0.15, 0.2) is 0 Å². The fraction of sp³-hybridized carbons (Fsp3) is 0.385. The molecular formula is C13H14INO3. The lowest BCUT2D eigenvalue weighted by Gasteiger charge is -2.30. The maximum atomic E-state index is 12.3. The molecule has 18 heavy (non-hydrogen) atoms. The summed E-state index contributed by atoms with van der Waals surface area (Å²) in [6.07, 6.45) is 0.400. The number of carbonyl (C=O) groups is 2. The van der Waals surface area contributed by atoms with Gasteiger partial charge in [0.25, 0.3) is 5.91 Å². The number of aromatic hydroxyl groups is 1. The second-order valence-corrected chi connectivity index (χ2v) is 5.78. The summed E-state index contributed by atoms with van der Waals surface area (Å²) in [5, 5.41) is 9.74. The van der Waals surface area contributed by atoms with Gasteiger partial charge in [0.1, 0.15) is 11.5 Å². The van der Waals surface area contributed by atoms with Crippen LogP contribution in [0, 0.1) is 9.49 Å². The zero-order valence-electron chi connectivity index (χ0n) is 10.0. The summed E-state index contributed by atoms with van der Waals surface area (Å²) in [7, 11) is 0. The Bertz CT molecular complexity index is 501. The quantitative estimate of drug-likeness (QED) is 0.781. The molecular weight excluding hydrogens is 345 g/mol. The summed E-state index contributed by atoms with van der Waals surface area (Å²) in [4.78, 5) is 25.3. The molecule has 1 aromatic rings. The van der Waals surface area contributed by atoms with Crippen LogP contribution in [-0.2, 0) is 4.79 Å². The molecule has 0 bridgehead atoms. The minimum absolute atomic E-state index is 0.00929. The van der Waals surface area contributed by atoms with E-state index in [0.717, 1.165) is 3.57 Å². The van der Waals surface area contributed by atoms with Crippen LogP contribution < -0.4 is 0 Å². The van der Waals surface area contributed by atoms with E-state index in [9.17, 15) is 14.7 Å². The Hall–Kier alpha value is -1.11. The summed E-state index contributed by atoms with van der Waals surface area (Å²) >= 11 is 2.10. The lowest BCUT2D eigenvalue weighted by molar-refractivity contribution is -0.124. The molecule has 1 aliphatic rings. The highest BCUT2D eigenvalue weighted by Gasteiger charge is 2.28. The van der Waals surface area contributed by atoms with E-state index in [0.29, 0.717) is 25.1 Å². The van der Waals surface area contributed by atoms with Crippen molar-refractivity contribution < 1.29 is 14.7 Å². The molecule has 1 amide bonds. The third-order valence-electron chi connectivity index (χ3n) is 3.15. The minimum atomic E-state index is -0.203. The number of carbonyl (C=O) groups excluding carboxylic acids is 2. The number of halogens is 1. The molecule has 0 saturated carbocycles. The molecule has 5 heteroatoms. The van der Waals surface area contributed by atoms with Crippen molar-refractivity contribution in [1.82, 2.24) is 4.90 Å². The number of ketones is 1. The summed E-state index contributed by atoms with van der Waals surface area (Å²) in [6, 6.07) is 4.93. The highest BCUT2D eigenvalue weighted by molar-refractivity contribution is 14.1. The Morgan fingerprint density at radius 3 is 2.89 bits per heavy atom. The van der Waals surface area contributed by atoms with E-state index >= 15 is 0 Å². The summed E-state index contributed by atoms with van der Waals surface area (Å²) in [5.74, 6) is -0.131. The van der Waals surface area contributed by atoms with E-state index in [1.54, 1.807) is 17.0 Å². The largest absolute Gasteiger partial charge is 0.507 e. The van der Waals surface area contributed by atoms with Crippen LogP contribution in [0.25, 0.3) is 0 Å². The van der Waals surface area contributed by atoms with E-state index in [1.165, 1.54) is 6.07 Å². The Kier molecular flexibility index (Phi) is 3.89. The average Bonchev–Trinajstić information content (AvgIpc) is 2.35. The van der Waals surface area contributed by atoms with E-state index in [2.05, 4.69) is 22.6 Å². The molecule has 4 nitrogen and oxygen atoms in total. The first kappa shape index (κ1) is 13.3. The average molecular weight is 359 g/mol. The van der Waals surface area contributed by atoms with Gasteiger partial charge in [-0.1, -0.05) is 6.92 Å². The topological polar surface area (TPSA) is 57.6 Å². The van der Waals surface area contributed by atoms with Crippen LogP contribution in [0.15, 0.2) is 18.2 Å².